The highest BCUT2D eigenvalue weighted by Crippen LogP contribution is 2.30. The van der Waals surface area contributed by atoms with Crippen LogP contribution in [0.15, 0.2) is 72.9 Å². The molecule has 0 saturated heterocycles. The Kier molecular flexibility index (Phi) is 9.74. The third kappa shape index (κ3) is 6.71. The lowest BCUT2D eigenvalue weighted by Gasteiger charge is -2.17. The van der Waals surface area contributed by atoms with Crippen LogP contribution < -0.4 is 10.6 Å². The number of anilines is 1. The minimum absolute atomic E-state index is 0.252. The first kappa shape index (κ1) is 27.3. The Morgan fingerprint density at radius 3 is 2.38 bits per heavy atom. The molecule has 2 aromatic carbocycles. The second-order valence-corrected chi connectivity index (χ2v) is 8.25. The van der Waals surface area contributed by atoms with Crippen LogP contribution in [-0.4, -0.2) is 45.1 Å². The monoisotopic (exact) mass is 506 g/mol. The number of imidazole rings is 1. The summed E-state index contributed by atoms with van der Waals surface area (Å²) in [5.74, 6) is -1.08. The minimum atomic E-state index is -1.01. The van der Waals surface area contributed by atoms with Gasteiger partial charge in [-0.2, -0.15) is 0 Å². The van der Waals surface area contributed by atoms with Gasteiger partial charge in [0.15, 0.2) is 5.65 Å². The lowest BCUT2D eigenvalue weighted by atomic mass is 10.0. The Bertz CT molecular complexity index is 1320. The second-order valence-electron chi connectivity index (χ2n) is 8.25. The van der Waals surface area contributed by atoms with Crippen LogP contribution in [0.25, 0.3) is 16.9 Å². The fourth-order valence-corrected chi connectivity index (χ4v) is 3.95. The average molecular weight is 507 g/mol. The van der Waals surface area contributed by atoms with E-state index < -0.39 is 17.9 Å². The molecule has 1 amide bonds. The zero-order valence-electron chi connectivity index (χ0n) is 20.8. The molecule has 2 heterocycles. The first-order valence-electron chi connectivity index (χ1n) is 12.0. The lowest BCUT2D eigenvalue weighted by molar-refractivity contribution is -0.137. The third-order valence-electron chi connectivity index (χ3n) is 5.72. The van der Waals surface area contributed by atoms with Gasteiger partial charge in [0.25, 0.3) is 5.91 Å². The number of carbonyl (C=O) groups excluding carboxylic acids is 1. The molecular formula is C28H31FN4O4. The van der Waals surface area contributed by atoms with Gasteiger partial charge in [0.05, 0.1) is 18.0 Å². The van der Waals surface area contributed by atoms with E-state index in [4.69, 9.17) is 10.1 Å². The molecule has 0 saturated carbocycles. The number of halogens is 1. The summed E-state index contributed by atoms with van der Waals surface area (Å²) in [6.45, 7) is 2.81. The van der Waals surface area contributed by atoms with Crippen molar-refractivity contribution in [3.8, 4) is 11.3 Å². The number of carbonyl (C=O) groups is 2. The van der Waals surface area contributed by atoms with Gasteiger partial charge in [0.2, 0.25) is 0 Å². The number of carboxylic acid groups (broad SMARTS) is 1. The van der Waals surface area contributed by atoms with Gasteiger partial charge in [-0.3, -0.25) is 14.0 Å². The van der Waals surface area contributed by atoms with E-state index in [1.54, 1.807) is 52.9 Å². The number of amides is 1. The van der Waals surface area contributed by atoms with E-state index >= 15 is 0 Å². The van der Waals surface area contributed by atoms with E-state index in [1.165, 1.54) is 12.1 Å². The van der Waals surface area contributed by atoms with E-state index in [1.807, 2.05) is 12.3 Å². The maximum Gasteiger partial charge on any atom is 0.305 e. The molecule has 0 bridgehead atoms. The molecule has 8 nitrogen and oxygen atoms in total. The number of pyridine rings is 1. The van der Waals surface area contributed by atoms with E-state index in [2.05, 4.69) is 17.6 Å². The summed E-state index contributed by atoms with van der Waals surface area (Å²) in [5, 5.41) is 22.7. The van der Waals surface area contributed by atoms with Gasteiger partial charge >= 0.3 is 5.97 Å². The highest BCUT2D eigenvalue weighted by atomic mass is 19.1. The zero-order chi connectivity index (χ0) is 26.8. The molecule has 4 aromatic rings. The van der Waals surface area contributed by atoms with Crippen LogP contribution in [0.4, 0.5) is 10.2 Å². The van der Waals surface area contributed by atoms with Crippen molar-refractivity contribution in [2.45, 2.75) is 32.2 Å². The minimum Gasteiger partial charge on any atom is -0.481 e. The summed E-state index contributed by atoms with van der Waals surface area (Å²) in [6.07, 6.45) is 3.52. The van der Waals surface area contributed by atoms with Crippen LogP contribution in [-0.2, 0) is 4.79 Å². The molecule has 0 aliphatic carbocycles. The lowest BCUT2D eigenvalue weighted by Crippen LogP contribution is -2.30. The zero-order valence-corrected chi connectivity index (χ0v) is 20.8. The maximum absolute atomic E-state index is 13.5. The Morgan fingerprint density at radius 1 is 1.03 bits per heavy atom. The highest BCUT2D eigenvalue weighted by Gasteiger charge is 2.23. The largest absolute Gasteiger partial charge is 0.481 e. The number of carboxylic acids is 1. The normalized spacial score (nSPS) is 11.4. The van der Waals surface area contributed by atoms with Crippen LogP contribution in [0.1, 0.15) is 48.1 Å². The van der Waals surface area contributed by atoms with Gasteiger partial charge in [-0.05, 0) is 48.4 Å². The average Bonchev–Trinajstić information content (AvgIpc) is 3.29. The topological polar surface area (TPSA) is 116 Å². The molecule has 37 heavy (non-hydrogen) atoms. The smallest absolute Gasteiger partial charge is 0.305 e. The van der Waals surface area contributed by atoms with Crippen molar-refractivity contribution in [3.63, 3.8) is 0 Å². The molecule has 9 heteroatoms. The van der Waals surface area contributed by atoms with Crippen LogP contribution in [0.3, 0.4) is 0 Å². The summed E-state index contributed by atoms with van der Waals surface area (Å²) in [4.78, 5) is 29.6. The van der Waals surface area contributed by atoms with Crippen LogP contribution in [0, 0.1) is 5.82 Å². The molecule has 0 radical (unpaired) electrons. The van der Waals surface area contributed by atoms with Crippen molar-refractivity contribution in [2.24, 2.45) is 0 Å². The first-order chi connectivity index (χ1) is 18.0. The van der Waals surface area contributed by atoms with E-state index in [9.17, 15) is 19.1 Å². The van der Waals surface area contributed by atoms with Crippen LogP contribution in [0.2, 0.25) is 0 Å². The van der Waals surface area contributed by atoms with Crippen LogP contribution >= 0.6 is 0 Å². The summed E-state index contributed by atoms with van der Waals surface area (Å²) in [7, 11) is 1.00. The molecule has 1 atom stereocenters. The van der Waals surface area contributed by atoms with Crippen molar-refractivity contribution in [2.75, 3.05) is 19.0 Å². The molecule has 0 aliphatic heterocycles. The Morgan fingerprint density at radius 2 is 1.73 bits per heavy atom. The Labute approximate surface area is 214 Å². The highest BCUT2D eigenvalue weighted by molar-refractivity contribution is 6.01. The number of hydrogen-bond acceptors (Lipinski definition) is 5. The number of nitrogens with zero attached hydrogens (tertiary/aromatic N) is 2. The number of nitrogens with one attached hydrogen (secondary N) is 2. The van der Waals surface area contributed by atoms with Gasteiger partial charge in [-0.15, -0.1) is 0 Å². The molecule has 4 rings (SSSR count). The fourth-order valence-electron chi connectivity index (χ4n) is 3.95. The first-order valence-corrected chi connectivity index (χ1v) is 12.0. The predicted molar refractivity (Wildman–Crippen MR) is 141 cm³/mol. The molecular weight excluding hydrogens is 475 g/mol. The molecule has 1 unspecified atom stereocenters. The number of unbranched alkanes of at least 4 members (excludes halogenated alkanes) is 1. The van der Waals surface area contributed by atoms with Crippen molar-refractivity contribution < 1.29 is 24.2 Å². The molecule has 0 spiro atoms. The van der Waals surface area contributed by atoms with Gasteiger partial charge in [-0.25, -0.2) is 9.37 Å². The predicted octanol–water partition coefficient (Wildman–Crippen LogP) is 4.91. The van der Waals surface area contributed by atoms with E-state index in [-0.39, 0.29) is 12.2 Å². The molecule has 0 fully saturated rings. The summed E-state index contributed by atoms with van der Waals surface area (Å²) in [5.41, 5.74) is 2.75. The fraction of sp³-hybridized carbons (Fsp3) is 0.250. The molecule has 4 N–H and O–H groups in total. The second kappa shape index (κ2) is 13.2. The van der Waals surface area contributed by atoms with Crippen molar-refractivity contribution in [3.05, 3.63) is 89.9 Å². The van der Waals surface area contributed by atoms with Gasteiger partial charge in [0.1, 0.15) is 17.3 Å². The van der Waals surface area contributed by atoms with Crippen LogP contribution in [0.5, 0.6) is 0 Å². The van der Waals surface area contributed by atoms with E-state index in [0.29, 0.717) is 40.4 Å². The third-order valence-corrected chi connectivity index (χ3v) is 5.72. The number of rotatable bonds is 10. The quantitative estimate of drug-likeness (QED) is 0.227. The molecule has 194 valence electrons. The Balaban J connectivity index is 0.00000186. The SMILES string of the molecule is CCCCNc1c(-c2ccc(F)cc2)nc2c(C(=O)NC(CC(=O)O)c3ccccc3)cccn12.CO. The number of benzene rings is 2. The number of aliphatic hydroxyl groups is 1. The summed E-state index contributed by atoms with van der Waals surface area (Å²) >= 11 is 0. The number of fused-ring (bicyclic) bond motifs is 1. The number of aliphatic carboxylic acids is 1. The van der Waals surface area contributed by atoms with Crippen molar-refractivity contribution in [1.82, 2.24) is 14.7 Å². The maximum atomic E-state index is 13.5. The van der Waals surface area contributed by atoms with Gasteiger partial charge < -0.3 is 20.8 Å². The van der Waals surface area contributed by atoms with Gasteiger partial charge in [0, 0.05) is 25.4 Å². The molecule has 0 aliphatic rings. The number of aromatic nitrogens is 2. The Hall–Kier alpha value is -4.24. The summed E-state index contributed by atoms with van der Waals surface area (Å²) in [6, 6.07) is 17.8. The summed E-state index contributed by atoms with van der Waals surface area (Å²) < 4.78 is 15.3. The number of aliphatic hydroxyl groups excluding tert-OH is 1. The molecule has 2 aromatic heterocycles. The van der Waals surface area contributed by atoms with E-state index in [0.717, 1.165) is 20.0 Å². The van der Waals surface area contributed by atoms with Crippen molar-refractivity contribution in [1.29, 1.82) is 0 Å². The van der Waals surface area contributed by atoms with Crippen molar-refractivity contribution >= 4 is 23.3 Å². The number of hydrogen-bond donors (Lipinski definition) is 4. The van der Waals surface area contributed by atoms with Gasteiger partial charge in [-0.1, -0.05) is 43.7 Å². The standard InChI is InChI=1S/C27H27FN4O3.CH4O/c1-2-3-15-29-26-24(19-11-13-20(28)14-12-19)31-25-21(10-7-16-32(25)26)27(35)30-22(17-23(33)34)18-8-5-4-6-9-18;1-2/h4-14,16,22,29H,2-3,15,17H2,1H3,(H,30,35)(H,33,34);2H,1H3.